The summed E-state index contributed by atoms with van der Waals surface area (Å²) in [5.74, 6) is 0.409. The van der Waals surface area contributed by atoms with E-state index in [0.717, 1.165) is 25.7 Å². The molecule has 0 bridgehead atoms. The van der Waals surface area contributed by atoms with Crippen molar-refractivity contribution in [3.63, 3.8) is 0 Å². The molecule has 0 amide bonds. The molecular weight excluding hydrogens is 296 g/mol. The molecule has 1 aromatic rings. The van der Waals surface area contributed by atoms with Crippen molar-refractivity contribution in [2.75, 3.05) is 5.73 Å². The number of hydrogen-bond donors (Lipinski definition) is 2. The maximum Gasteiger partial charge on any atom is 0.242 e. The number of nitrogens with two attached hydrogens (primary N) is 1. The van der Waals surface area contributed by atoms with E-state index in [4.69, 9.17) is 17.3 Å². The number of halogens is 1. The van der Waals surface area contributed by atoms with Crippen LogP contribution in [0, 0.1) is 5.92 Å². The van der Waals surface area contributed by atoms with E-state index in [0.29, 0.717) is 10.9 Å². The highest BCUT2D eigenvalue weighted by atomic mass is 35.5. The van der Waals surface area contributed by atoms with Crippen molar-refractivity contribution in [1.82, 2.24) is 4.72 Å². The molecule has 112 valence electrons. The molecule has 1 aliphatic carbocycles. The smallest absolute Gasteiger partial charge is 0.242 e. The molecule has 0 radical (unpaired) electrons. The van der Waals surface area contributed by atoms with Gasteiger partial charge >= 0.3 is 0 Å². The zero-order valence-electron chi connectivity index (χ0n) is 11.6. The first-order valence-corrected chi connectivity index (χ1v) is 8.87. The summed E-state index contributed by atoms with van der Waals surface area (Å²) in [6.07, 6.45) is 5.22. The Morgan fingerprint density at radius 1 is 1.35 bits per heavy atom. The molecule has 0 spiro atoms. The van der Waals surface area contributed by atoms with Crippen LogP contribution in [0.3, 0.4) is 0 Å². The highest BCUT2D eigenvalue weighted by Gasteiger charge is 2.29. The quantitative estimate of drug-likeness (QED) is 0.838. The molecule has 4 nitrogen and oxygen atoms in total. The maximum atomic E-state index is 12.5. The van der Waals surface area contributed by atoms with Crippen molar-refractivity contribution < 1.29 is 8.42 Å². The van der Waals surface area contributed by atoms with Gasteiger partial charge in [-0.3, -0.25) is 0 Å². The Balaban J connectivity index is 2.22. The minimum absolute atomic E-state index is 0.00817. The third-order valence-corrected chi connectivity index (χ3v) is 5.80. The average molecular weight is 317 g/mol. The number of hydrogen-bond acceptors (Lipinski definition) is 3. The number of benzene rings is 1. The lowest BCUT2D eigenvalue weighted by Gasteiger charge is -2.31. The molecule has 20 heavy (non-hydrogen) atoms. The van der Waals surface area contributed by atoms with E-state index in [1.807, 2.05) is 0 Å². The van der Waals surface area contributed by atoms with E-state index in [-0.39, 0.29) is 16.6 Å². The van der Waals surface area contributed by atoms with Gasteiger partial charge in [0.2, 0.25) is 10.0 Å². The molecular formula is C14H21ClN2O2S. The normalized spacial score (nSPS) is 23.7. The average Bonchev–Trinajstić information content (AvgIpc) is 2.38. The fourth-order valence-electron chi connectivity index (χ4n) is 2.88. The molecule has 0 aliphatic heterocycles. The Morgan fingerprint density at radius 3 is 2.70 bits per heavy atom. The summed E-state index contributed by atoms with van der Waals surface area (Å²) in [6, 6.07) is 4.48. The molecule has 0 saturated heterocycles. The van der Waals surface area contributed by atoms with Gasteiger partial charge in [0.25, 0.3) is 0 Å². The van der Waals surface area contributed by atoms with Crippen molar-refractivity contribution in [2.45, 2.75) is 50.0 Å². The Labute approximate surface area is 125 Å². The number of anilines is 1. The van der Waals surface area contributed by atoms with Crippen LogP contribution in [0.1, 0.15) is 39.0 Å². The summed E-state index contributed by atoms with van der Waals surface area (Å²) < 4.78 is 27.7. The highest BCUT2D eigenvalue weighted by Crippen LogP contribution is 2.29. The summed E-state index contributed by atoms with van der Waals surface area (Å²) in [7, 11) is -3.58. The molecule has 1 fully saturated rings. The molecule has 2 rings (SSSR count). The lowest BCUT2D eigenvalue weighted by molar-refractivity contribution is 0.282. The van der Waals surface area contributed by atoms with Crippen LogP contribution in [-0.4, -0.2) is 14.5 Å². The van der Waals surface area contributed by atoms with Gasteiger partial charge in [-0.2, -0.15) is 0 Å². The SMILES string of the molecule is CCC1CCCCC1NS(=O)(=O)c1ccc(Cl)cc1N. The lowest BCUT2D eigenvalue weighted by atomic mass is 9.83. The van der Waals surface area contributed by atoms with E-state index < -0.39 is 10.0 Å². The first kappa shape index (κ1) is 15.6. The Kier molecular flexibility index (Phi) is 4.94. The van der Waals surface area contributed by atoms with Gasteiger partial charge in [0.15, 0.2) is 0 Å². The van der Waals surface area contributed by atoms with E-state index in [1.54, 1.807) is 6.07 Å². The second-order valence-corrected chi connectivity index (χ2v) is 7.48. The number of nitrogens with one attached hydrogen (secondary N) is 1. The first-order valence-electron chi connectivity index (χ1n) is 7.01. The van der Waals surface area contributed by atoms with Crippen LogP contribution in [-0.2, 0) is 10.0 Å². The molecule has 0 aromatic heterocycles. The highest BCUT2D eigenvalue weighted by molar-refractivity contribution is 7.89. The predicted octanol–water partition coefficient (Wildman–Crippen LogP) is 3.17. The van der Waals surface area contributed by atoms with Gasteiger partial charge in [0.1, 0.15) is 4.90 Å². The summed E-state index contributed by atoms with van der Waals surface area (Å²) >= 11 is 5.81. The van der Waals surface area contributed by atoms with Crippen LogP contribution in [0.4, 0.5) is 5.69 Å². The molecule has 1 saturated carbocycles. The summed E-state index contributed by atoms with van der Waals surface area (Å²) in [5, 5.41) is 0.436. The lowest BCUT2D eigenvalue weighted by Crippen LogP contribution is -2.42. The van der Waals surface area contributed by atoms with Gasteiger partial charge in [0.05, 0.1) is 5.69 Å². The Bertz CT molecular complexity index is 575. The monoisotopic (exact) mass is 316 g/mol. The molecule has 0 heterocycles. The van der Waals surface area contributed by atoms with Crippen LogP contribution in [0.5, 0.6) is 0 Å². The van der Waals surface area contributed by atoms with E-state index in [1.165, 1.54) is 18.6 Å². The van der Waals surface area contributed by atoms with E-state index in [2.05, 4.69) is 11.6 Å². The van der Waals surface area contributed by atoms with Crippen LogP contribution >= 0.6 is 11.6 Å². The number of rotatable bonds is 4. The van der Waals surface area contributed by atoms with Gasteiger partial charge in [-0.15, -0.1) is 0 Å². The second-order valence-electron chi connectivity index (χ2n) is 5.36. The van der Waals surface area contributed by atoms with Crippen LogP contribution in [0.2, 0.25) is 5.02 Å². The molecule has 1 aliphatic rings. The third-order valence-electron chi connectivity index (χ3n) is 4.00. The van der Waals surface area contributed by atoms with Crippen LogP contribution in [0.15, 0.2) is 23.1 Å². The minimum Gasteiger partial charge on any atom is -0.398 e. The summed E-state index contributed by atoms with van der Waals surface area (Å²) in [6.45, 7) is 2.11. The molecule has 2 unspecified atom stereocenters. The maximum absolute atomic E-state index is 12.5. The summed E-state index contributed by atoms with van der Waals surface area (Å²) in [4.78, 5) is 0.113. The van der Waals surface area contributed by atoms with Crippen molar-refractivity contribution in [3.05, 3.63) is 23.2 Å². The van der Waals surface area contributed by atoms with Gasteiger partial charge in [0, 0.05) is 11.1 Å². The topological polar surface area (TPSA) is 72.2 Å². The predicted molar refractivity (Wildman–Crippen MR) is 82.2 cm³/mol. The molecule has 6 heteroatoms. The van der Waals surface area contributed by atoms with Gasteiger partial charge in [-0.25, -0.2) is 13.1 Å². The van der Waals surface area contributed by atoms with E-state index >= 15 is 0 Å². The molecule has 3 N–H and O–H groups in total. The zero-order chi connectivity index (χ0) is 14.8. The van der Waals surface area contributed by atoms with Crippen molar-refractivity contribution in [3.8, 4) is 0 Å². The van der Waals surface area contributed by atoms with Gasteiger partial charge < -0.3 is 5.73 Å². The van der Waals surface area contributed by atoms with Crippen molar-refractivity contribution in [2.24, 2.45) is 5.92 Å². The molecule has 2 atom stereocenters. The first-order chi connectivity index (χ1) is 9.44. The molecule has 1 aromatic carbocycles. The Morgan fingerprint density at radius 2 is 2.05 bits per heavy atom. The largest absolute Gasteiger partial charge is 0.398 e. The Hall–Kier alpha value is -0.780. The number of nitrogen functional groups attached to an aromatic ring is 1. The van der Waals surface area contributed by atoms with Crippen LogP contribution < -0.4 is 10.5 Å². The minimum atomic E-state index is -3.58. The fraction of sp³-hybridized carbons (Fsp3) is 0.571. The number of sulfonamides is 1. The van der Waals surface area contributed by atoms with Crippen molar-refractivity contribution in [1.29, 1.82) is 0 Å². The van der Waals surface area contributed by atoms with Gasteiger partial charge in [-0.05, 0) is 37.0 Å². The zero-order valence-corrected chi connectivity index (χ0v) is 13.2. The third kappa shape index (κ3) is 3.45. The van der Waals surface area contributed by atoms with Crippen LogP contribution in [0.25, 0.3) is 0 Å². The van der Waals surface area contributed by atoms with Gasteiger partial charge in [-0.1, -0.05) is 37.8 Å². The fourth-order valence-corrected chi connectivity index (χ4v) is 4.51. The standard InChI is InChI=1S/C14H21ClN2O2S/c1-2-10-5-3-4-6-13(10)17-20(18,19)14-8-7-11(15)9-12(14)16/h7-10,13,17H,2-6,16H2,1H3. The van der Waals surface area contributed by atoms with E-state index in [9.17, 15) is 8.42 Å². The second kappa shape index (κ2) is 6.33. The van der Waals surface area contributed by atoms with Crippen molar-refractivity contribution >= 4 is 27.3 Å². The summed E-state index contributed by atoms with van der Waals surface area (Å²) in [5.41, 5.74) is 5.96.